The zero-order valence-corrected chi connectivity index (χ0v) is 54.0. The molecule has 0 bridgehead atoms. The Kier molecular flexibility index (Phi) is 37.2. The smallest absolute Gasteiger partial charge is 0.726 e. The summed E-state index contributed by atoms with van der Waals surface area (Å²) in [4.78, 5) is 49.0. The second-order valence-corrected chi connectivity index (χ2v) is 19.0. The third-order valence-electron chi connectivity index (χ3n) is 10.6. The van der Waals surface area contributed by atoms with E-state index in [2.05, 4.69) is 17.9 Å². The van der Waals surface area contributed by atoms with Crippen molar-refractivity contribution >= 4 is 54.9 Å². The van der Waals surface area contributed by atoms with Gasteiger partial charge < -0.3 is 118 Å². The number of nitrogens with two attached hydrogens (primary N) is 1. The Morgan fingerprint density at radius 3 is 1.38 bits per heavy atom. The van der Waals surface area contributed by atoms with Crippen LogP contribution in [-0.4, -0.2) is 242 Å². The first kappa shape index (κ1) is 80.0. The molecule has 4 saturated heterocycles. The normalized spacial score (nSPS) is 35.7. The van der Waals surface area contributed by atoms with Gasteiger partial charge in [-0.3, -0.25) is 22.1 Å². The average molecular weight is 1210 g/mol. The van der Waals surface area contributed by atoms with E-state index in [4.69, 9.17) is 43.6 Å². The molecule has 4 aliphatic heterocycles. The van der Waals surface area contributed by atoms with Crippen molar-refractivity contribution in [1.82, 2.24) is 10.6 Å². The van der Waals surface area contributed by atoms with Gasteiger partial charge in [0.05, 0.1) is 25.2 Å². The van der Waals surface area contributed by atoms with Gasteiger partial charge in [-0.05, 0) is 25.8 Å². The summed E-state index contributed by atoms with van der Waals surface area (Å²) in [6.45, 7) is -1.04. The van der Waals surface area contributed by atoms with Gasteiger partial charge in [-0.1, -0.05) is 0 Å². The maximum Gasteiger partial charge on any atom is 1.00 e. The quantitative estimate of drug-likeness (QED) is 0.0188. The minimum atomic E-state index is -6.11. The number of carbonyl (C=O) groups excluding carboxylic acids is 4. The molecule has 4 fully saturated rings. The number of ether oxygens (including phenoxy) is 8. The molecule has 2 amide bonds. The van der Waals surface area contributed by atoms with Crippen molar-refractivity contribution < 1.29 is 297 Å². The van der Waals surface area contributed by atoms with Crippen molar-refractivity contribution in [2.24, 2.45) is 5.73 Å². The molecule has 0 spiro atoms. The average Bonchev–Trinajstić information content (AvgIpc) is 3.24. The SMILES string of the molecule is CC(=O)N[C@H]1[C@@H](O[C@H]2[C@H](O)[C@@H](OS(=O)(=O)[O-])[C@H](O[C@H]3[C@H](O)[C@@H](NC(C)=O)[C@@H](OCCCCCN)O[C@@H]3COS(=O)(=O)[O-])O[C@H]2C(=O)[O-])O[C@H](COS(=O)(=O)[O-])[C@@H](O[C@@H]2O[C@@H](C(=O)[O-])[C@@H](O)[C@H](O)[C@H]2O)[C@@H]1O.[Na+].[Na+].[Na+].[Na+].[Na+]. The van der Waals surface area contributed by atoms with E-state index in [9.17, 15) is 98.9 Å². The van der Waals surface area contributed by atoms with E-state index in [1.165, 1.54) is 0 Å². The number of carbonyl (C=O) groups is 4. The van der Waals surface area contributed by atoms with Crippen LogP contribution in [0, 0.1) is 0 Å². The second kappa shape index (κ2) is 35.4. The van der Waals surface area contributed by atoms with Gasteiger partial charge in [0.1, 0.15) is 91.4 Å². The molecular weight excluding hydrogens is 1160 g/mol. The van der Waals surface area contributed by atoms with Crippen molar-refractivity contribution in [2.45, 2.75) is 156 Å². The fourth-order valence-electron chi connectivity index (χ4n) is 7.54. The van der Waals surface area contributed by atoms with Crippen LogP contribution in [0.5, 0.6) is 0 Å². The molecule has 4 heterocycles. The molecule has 412 valence electrons. The first-order valence-electron chi connectivity index (χ1n) is 20.6. The van der Waals surface area contributed by atoms with E-state index < -0.39 is 191 Å². The molecule has 35 nitrogen and oxygen atoms in total. The number of hydrogen-bond acceptors (Lipinski definition) is 33. The molecule has 4 aliphatic rings. The molecule has 0 aromatic rings. The molecule has 76 heavy (non-hydrogen) atoms. The number of aliphatic carboxylic acids is 2. The van der Waals surface area contributed by atoms with Crippen molar-refractivity contribution in [3.63, 3.8) is 0 Å². The number of carboxylic acid groups (broad SMARTS) is 2. The van der Waals surface area contributed by atoms with E-state index >= 15 is 0 Å². The number of rotatable bonds is 24. The van der Waals surface area contributed by atoms with Crippen LogP contribution >= 0.6 is 0 Å². The number of amides is 2. The largest absolute Gasteiger partial charge is 1.00 e. The number of aliphatic hydroxyl groups excluding tert-OH is 6. The minimum Gasteiger partial charge on any atom is -0.726 e. The standard InChI is InChI=1S/C33H55N3O32S3.5Na/c1-10(37)35-14-16(39)23(12(8-59-69(49,50)51)61-30(14)58-7-5-3-4-6-34)64-33-26(68-71(55,56)57)21(44)24(27(67-33)29(47)48)65-31-15(36-11(2)38)17(40)22(13(62-31)9-60-70(52,53)54)63-32-20(43)18(41)19(42)25(66-32)28(45)46;;;;;/h12-27,30-33,39-44H,3-9,34H2,1-2H3,(H,35,37)(H,36,38)(H,45,46)(H,47,48)(H,49,50,51)(H,52,53,54)(H,55,56,57);;;;;/q;5*+1/p-5/t12-,13-,14-,15-,16-,17-,18+,19+,20-,21+,22-,23-,24+,25-,26-,27-,30+,31-,32-,33-;;;;;/m1...../s1. The molecule has 0 aliphatic carbocycles. The molecule has 0 saturated carbocycles. The number of carboxylic acids is 2. The van der Waals surface area contributed by atoms with Gasteiger partial charge in [-0.25, -0.2) is 25.3 Å². The van der Waals surface area contributed by atoms with Crippen LogP contribution in [0.1, 0.15) is 33.1 Å². The van der Waals surface area contributed by atoms with Gasteiger partial charge >= 0.3 is 148 Å². The molecule has 4 rings (SSSR count). The Morgan fingerprint density at radius 2 is 0.947 bits per heavy atom. The monoisotopic (exact) mass is 1210 g/mol. The number of nitrogens with one attached hydrogen (secondary N) is 2. The van der Waals surface area contributed by atoms with Gasteiger partial charge in [0.2, 0.25) is 43.0 Å². The topological polar surface area (TPSA) is 559 Å². The van der Waals surface area contributed by atoms with Gasteiger partial charge in [0.15, 0.2) is 31.3 Å². The molecule has 43 heteroatoms. The van der Waals surface area contributed by atoms with Gasteiger partial charge in [-0.15, -0.1) is 0 Å². The predicted octanol–water partition coefficient (Wildman–Crippen LogP) is -27.3. The summed E-state index contributed by atoms with van der Waals surface area (Å²) in [5.74, 6) is -6.61. The van der Waals surface area contributed by atoms with E-state index in [1.807, 2.05) is 5.32 Å². The first-order valence-corrected chi connectivity index (χ1v) is 24.6. The van der Waals surface area contributed by atoms with Crippen LogP contribution in [0.2, 0.25) is 0 Å². The fourth-order valence-corrected chi connectivity index (χ4v) is 8.62. The summed E-state index contributed by atoms with van der Waals surface area (Å²) < 4.78 is 162. The van der Waals surface area contributed by atoms with Gasteiger partial charge in [0.25, 0.3) is 0 Å². The van der Waals surface area contributed by atoms with E-state index in [0.29, 0.717) is 25.8 Å². The Balaban J connectivity index is 0. The molecule has 10 N–H and O–H groups in total. The van der Waals surface area contributed by atoms with Crippen molar-refractivity contribution in [3.8, 4) is 0 Å². The van der Waals surface area contributed by atoms with Crippen LogP contribution in [0.15, 0.2) is 0 Å². The Labute approximate surface area is 544 Å². The van der Waals surface area contributed by atoms with Gasteiger partial charge in [0, 0.05) is 20.5 Å². The van der Waals surface area contributed by atoms with Crippen LogP contribution < -0.4 is 174 Å². The number of aliphatic hydroxyl groups is 6. The third-order valence-corrected chi connectivity index (χ3v) is 11.9. The first-order chi connectivity index (χ1) is 32.8. The number of unbranched alkanes of at least 4 members (excludes halogenated alkanes) is 2. The fraction of sp³-hybridized carbons (Fsp3) is 0.879. The number of hydrogen-bond donors (Lipinski definition) is 9. The summed E-state index contributed by atoms with van der Waals surface area (Å²) in [6.07, 6.45) is -42.8. The molecule has 0 aromatic heterocycles. The maximum absolute atomic E-state index is 12.7. The Morgan fingerprint density at radius 1 is 0.513 bits per heavy atom. The van der Waals surface area contributed by atoms with Crippen molar-refractivity contribution in [2.75, 3.05) is 26.4 Å². The zero-order chi connectivity index (χ0) is 53.5. The summed E-state index contributed by atoms with van der Waals surface area (Å²) in [5, 5.41) is 94.3. The molecule has 0 radical (unpaired) electrons. The predicted molar refractivity (Wildman–Crippen MR) is 205 cm³/mol. The Bertz CT molecular complexity index is 2180. The summed E-state index contributed by atoms with van der Waals surface area (Å²) >= 11 is 0. The van der Waals surface area contributed by atoms with Gasteiger partial charge in [-0.2, -0.15) is 0 Å². The van der Waals surface area contributed by atoms with Crippen LogP contribution in [0.4, 0.5) is 0 Å². The Hall–Kier alpha value is 1.89. The minimum absolute atomic E-state index is 0. The van der Waals surface area contributed by atoms with E-state index in [-0.39, 0.29) is 154 Å². The van der Waals surface area contributed by atoms with Crippen molar-refractivity contribution in [3.05, 3.63) is 0 Å². The summed E-state index contributed by atoms with van der Waals surface area (Å²) in [7, 11) is -17.4. The maximum atomic E-state index is 12.7. The molecule has 0 aromatic carbocycles. The van der Waals surface area contributed by atoms with Crippen LogP contribution in [-0.2, 0) is 101 Å². The zero-order valence-electron chi connectivity index (χ0n) is 41.6. The molecule has 20 atom stereocenters. The third kappa shape index (κ3) is 23.7. The van der Waals surface area contributed by atoms with E-state index in [0.717, 1.165) is 13.8 Å². The molecular formula is C33H50N3Na5O32S3. The second-order valence-electron chi connectivity index (χ2n) is 15.8. The summed E-state index contributed by atoms with van der Waals surface area (Å²) in [6, 6.07) is -3.94. The molecule has 0 unspecified atom stereocenters. The van der Waals surface area contributed by atoms with E-state index in [1.54, 1.807) is 0 Å². The van der Waals surface area contributed by atoms with Crippen molar-refractivity contribution in [1.29, 1.82) is 0 Å². The summed E-state index contributed by atoms with van der Waals surface area (Å²) in [5.41, 5.74) is 5.48. The van der Waals surface area contributed by atoms with Crippen LogP contribution in [0.3, 0.4) is 0 Å². The van der Waals surface area contributed by atoms with Crippen LogP contribution in [0.25, 0.3) is 0 Å².